The third kappa shape index (κ3) is 1.28. The van der Waals surface area contributed by atoms with Gasteiger partial charge in [-0.3, -0.25) is 0 Å². The predicted octanol–water partition coefficient (Wildman–Crippen LogP) is 2.03. The lowest BCUT2D eigenvalue weighted by molar-refractivity contribution is 0.881. The summed E-state index contributed by atoms with van der Waals surface area (Å²) in [7, 11) is 0. The third-order valence-corrected chi connectivity index (χ3v) is 3.25. The second kappa shape index (κ2) is 3.16. The van der Waals surface area contributed by atoms with E-state index in [1.807, 2.05) is 18.2 Å². The maximum absolute atomic E-state index is 3.99. The van der Waals surface area contributed by atoms with Crippen LogP contribution >= 0.6 is 0 Å². The van der Waals surface area contributed by atoms with E-state index in [1.165, 1.54) is 23.8 Å². The molecule has 1 aromatic carbocycles. The molecule has 1 radical (unpaired) electrons. The molecule has 0 bridgehead atoms. The van der Waals surface area contributed by atoms with Crippen molar-refractivity contribution in [3.05, 3.63) is 29.8 Å². The zero-order valence-corrected chi connectivity index (χ0v) is 9.07. The number of aromatic amines is 2. The lowest BCUT2D eigenvalue weighted by atomic mass is 10.1. The molecule has 4 rings (SSSR count). The van der Waals surface area contributed by atoms with Gasteiger partial charge in [0.1, 0.15) is 0 Å². The first-order chi connectivity index (χ1) is 8.43. The van der Waals surface area contributed by atoms with Crippen LogP contribution in [0.25, 0.3) is 22.4 Å². The molecule has 0 saturated heterocycles. The summed E-state index contributed by atoms with van der Waals surface area (Å²) in [4.78, 5) is 3.39. The lowest BCUT2D eigenvalue weighted by Crippen LogP contribution is -1.86. The topological polar surface area (TPSA) is 70.2 Å². The van der Waals surface area contributed by atoms with Gasteiger partial charge in [-0.2, -0.15) is 0 Å². The van der Waals surface area contributed by atoms with Crippen LogP contribution < -0.4 is 0 Å². The molecular formula is C12H10N5. The molecule has 0 aliphatic heterocycles. The van der Waals surface area contributed by atoms with Gasteiger partial charge in [-0.25, -0.2) is 5.10 Å². The maximum Gasteiger partial charge on any atom is 0.196 e. The van der Waals surface area contributed by atoms with Crippen LogP contribution in [0.2, 0.25) is 0 Å². The summed E-state index contributed by atoms with van der Waals surface area (Å²) < 4.78 is 0. The third-order valence-electron chi connectivity index (χ3n) is 3.25. The van der Waals surface area contributed by atoms with Crippen molar-refractivity contribution in [3.8, 4) is 11.5 Å². The van der Waals surface area contributed by atoms with Gasteiger partial charge in [0.15, 0.2) is 5.82 Å². The highest BCUT2D eigenvalue weighted by Gasteiger charge is 2.30. The number of H-pyrrole nitrogens is 2. The Morgan fingerprint density at radius 2 is 2.29 bits per heavy atom. The number of hydrogen-bond donors (Lipinski definition) is 2. The highest BCUT2D eigenvalue weighted by atomic mass is 15.5. The van der Waals surface area contributed by atoms with Crippen molar-refractivity contribution in [2.24, 2.45) is 0 Å². The van der Waals surface area contributed by atoms with Gasteiger partial charge in [0.25, 0.3) is 0 Å². The monoisotopic (exact) mass is 224 g/mol. The van der Waals surface area contributed by atoms with Gasteiger partial charge in [-0.05, 0) is 52.9 Å². The van der Waals surface area contributed by atoms with Gasteiger partial charge < -0.3 is 4.98 Å². The Morgan fingerprint density at radius 3 is 3.06 bits per heavy atom. The standard InChI is InChI=1S/C12H10N5/c1-2-4-9-8(3-1)10(7-5-6-7)11(13-9)12-14-16-17-15-12/h2-4,7,13H,5-6H2,(H,14,15,16,17). The van der Waals surface area contributed by atoms with Gasteiger partial charge in [-0.15, -0.1) is 5.10 Å². The maximum atomic E-state index is 3.99. The summed E-state index contributed by atoms with van der Waals surface area (Å²) in [6, 6.07) is 9.12. The number of benzene rings is 1. The molecule has 1 aliphatic carbocycles. The first-order valence-corrected chi connectivity index (χ1v) is 5.69. The molecule has 0 amide bonds. The molecular weight excluding hydrogens is 214 g/mol. The van der Waals surface area contributed by atoms with E-state index in [4.69, 9.17) is 0 Å². The molecule has 3 aromatic rings. The van der Waals surface area contributed by atoms with Crippen molar-refractivity contribution in [2.75, 3.05) is 0 Å². The number of rotatable bonds is 2. The highest BCUT2D eigenvalue weighted by molar-refractivity contribution is 5.90. The molecule has 1 fully saturated rings. The van der Waals surface area contributed by atoms with Crippen molar-refractivity contribution >= 4 is 10.9 Å². The molecule has 1 saturated carbocycles. The minimum atomic E-state index is 0.639. The molecule has 1 aliphatic rings. The summed E-state index contributed by atoms with van der Waals surface area (Å²) in [5, 5.41) is 15.3. The minimum absolute atomic E-state index is 0.639. The largest absolute Gasteiger partial charge is 0.352 e. The zero-order chi connectivity index (χ0) is 11.2. The molecule has 17 heavy (non-hydrogen) atoms. The molecule has 2 aromatic heterocycles. The number of aromatic nitrogens is 5. The molecule has 83 valence electrons. The van der Waals surface area contributed by atoms with Crippen LogP contribution in [0, 0.1) is 6.07 Å². The molecule has 5 nitrogen and oxygen atoms in total. The number of nitrogens with one attached hydrogen (secondary N) is 2. The van der Waals surface area contributed by atoms with E-state index in [9.17, 15) is 0 Å². The first-order valence-electron chi connectivity index (χ1n) is 5.69. The van der Waals surface area contributed by atoms with E-state index in [0.717, 1.165) is 11.2 Å². The summed E-state index contributed by atoms with van der Waals surface area (Å²) in [5.74, 6) is 1.35. The Labute approximate surface area is 97.2 Å². The van der Waals surface area contributed by atoms with Gasteiger partial charge in [-0.1, -0.05) is 6.07 Å². The molecule has 2 N–H and O–H groups in total. The second-order valence-corrected chi connectivity index (χ2v) is 4.41. The normalized spacial score (nSPS) is 15.5. The number of nitrogens with zero attached hydrogens (tertiary/aromatic N) is 3. The second-order valence-electron chi connectivity index (χ2n) is 4.41. The molecule has 0 unspecified atom stereocenters. The fourth-order valence-electron chi connectivity index (χ4n) is 2.35. The average molecular weight is 224 g/mol. The number of fused-ring (bicyclic) bond motifs is 1. The van der Waals surface area contributed by atoms with Crippen LogP contribution in [0.5, 0.6) is 0 Å². The van der Waals surface area contributed by atoms with E-state index < -0.39 is 0 Å². The van der Waals surface area contributed by atoms with E-state index in [0.29, 0.717) is 11.7 Å². The van der Waals surface area contributed by atoms with E-state index in [1.54, 1.807) is 0 Å². The summed E-state index contributed by atoms with van der Waals surface area (Å²) in [5.41, 5.74) is 3.47. The summed E-state index contributed by atoms with van der Waals surface area (Å²) in [6.07, 6.45) is 2.49. The number of tetrazole rings is 1. The van der Waals surface area contributed by atoms with Gasteiger partial charge in [0.05, 0.1) is 5.69 Å². The Kier molecular flexibility index (Phi) is 1.66. The molecule has 5 heteroatoms. The van der Waals surface area contributed by atoms with Crippen LogP contribution in [0.1, 0.15) is 24.3 Å². The molecule has 2 heterocycles. The fraction of sp³-hybridized carbons (Fsp3) is 0.250. The van der Waals surface area contributed by atoms with Crippen LogP contribution in [-0.4, -0.2) is 25.6 Å². The van der Waals surface area contributed by atoms with Gasteiger partial charge >= 0.3 is 0 Å². The predicted molar refractivity (Wildman–Crippen MR) is 62.3 cm³/mol. The zero-order valence-electron chi connectivity index (χ0n) is 9.07. The van der Waals surface area contributed by atoms with Crippen molar-refractivity contribution < 1.29 is 0 Å². The van der Waals surface area contributed by atoms with Crippen LogP contribution in [0.15, 0.2) is 18.2 Å². The molecule has 0 atom stereocenters. The Hall–Kier alpha value is -2.17. The number of hydrogen-bond acceptors (Lipinski definition) is 3. The van der Waals surface area contributed by atoms with Gasteiger partial charge in [0, 0.05) is 10.9 Å². The van der Waals surface area contributed by atoms with Crippen molar-refractivity contribution in [3.63, 3.8) is 0 Å². The van der Waals surface area contributed by atoms with E-state index in [-0.39, 0.29) is 0 Å². The SMILES string of the molecule is [c]1ccc2[nH]c(-c3nnn[nH]3)c(C3CC3)c2c1. The van der Waals surface area contributed by atoms with Crippen molar-refractivity contribution in [1.29, 1.82) is 0 Å². The Bertz CT molecular complexity index is 663. The minimum Gasteiger partial charge on any atom is -0.352 e. The fourth-order valence-corrected chi connectivity index (χ4v) is 2.35. The van der Waals surface area contributed by atoms with E-state index >= 15 is 0 Å². The van der Waals surface area contributed by atoms with Crippen molar-refractivity contribution in [2.45, 2.75) is 18.8 Å². The summed E-state index contributed by atoms with van der Waals surface area (Å²) >= 11 is 0. The van der Waals surface area contributed by atoms with Crippen molar-refractivity contribution in [1.82, 2.24) is 25.6 Å². The highest BCUT2D eigenvalue weighted by Crippen LogP contribution is 2.47. The quantitative estimate of drug-likeness (QED) is 0.699. The Morgan fingerprint density at radius 1 is 1.35 bits per heavy atom. The first kappa shape index (κ1) is 8.92. The summed E-state index contributed by atoms with van der Waals surface area (Å²) in [6.45, 7) is 0. The van der Waals surface area contributed by atoms with Gasteiger partial charge in [0.2, 0.25) is 0 Å². The smallest absolute Gasteiger partial charge is 0.196 e. The molecule has 0 spiro atoms. The van der Waals surface area contributed by atoms with Crippen LogP contribution in [0.3, 0.4) is 0 Å². The van der Waals surface area contributed by atoms with E-state index in [2.05, 4.69) is 31.7 Å². The van der Waals surface area contributed by atoms with Crippen LogP contribution in [0.4, 0.5) is 0 Å². The van der Waals surface area contributed by atoms with Crippen LogP contribution in [-0.2, 0) is 0 Å². The average Bonchev–Trinajstić information content (AvgIpc) is 2.94. The lowest BCUT2D eigenvalue weighted by Gasteiger charge is -1.98. The Balaban J connectivity index is 2.05.